The summed E-state index contributed by atoms with van der Waals surface area (Å²) < 4.78 is 9.42. The van der Waals surface area contributed by atoms with Gasteiger partial charge in [-0.15, -0.1) is 0 Å². The fraction of sp³-hybridized carbons (Fsp3) is 0.833. The average Bonchev–Trinajstić information content (AvgIpc) is 1.98. The van der Waals surface area contributed by atoms with Gasteiger partial charge in [0.15, 0.2) is 6.10 Å². The lowest BCUT2D eigenvalue weighted by atomic mass is 10.4. The minimum atomic E-state index is -0.459. The van der Waals surface area contributed by atoms with E-state index in [2.05, 4.69) is 0 Å². The van der Waals surface area contributed by atoms with Crippen LogP contribution in [0.5, 0.6) is 0 Å². The molecule has 0 aromatic rings. The Hall–Kier alpha value is -0.220. The van der Waals surface area contributed by atoms with Crippen molar-refractivity contribution in [1.29, 1.82) is 0 Å². The number of carbonyl (C=O) groups excluding carboxylic acids is 1. The molecule has 60 valence electrons. The molecule has 0 aromatic carbocycles. The summed E-state index contributed by atoms with van der Waals surface area (Å²) >= 11 is 1.13. The van der Waals surface area contributed by atoms with E-state index in [1.54, 1.807) is 6.92 Å². The van der Waals surface area contributed by atoms with Gasteiger partial charge in [-0.1, -0.05) is 6.92 Å². The van der Waals surface area contributed by atoms with Gasteiger partial charge in [0, 0.05) is 12.9 Å². The van der Waals surface area contributed by atoms with Gasteiger partial charge in [0.05, 0.1) is 12.0 Å². The Kier molecular flexibility index (Phi) is 5.43. The maximum Gasteiger partial charge on any atom is 0.346 e. The Balaban J connectivity index is 3.42. The van der Waals surface area contributed by atoms with Crippen molar-refractivity contribution in [2.24, 2.45) is 0 Å². The number of rotatable bonds is 4. The van der Waals surface area contributed by atoms with Crippen molar-refractivity contribution in [2.45, 2.75) is 20.0 Å². The number of methoxy groups -OCH3 is 1. The molecule has 0 fully saturated rings. The molecule has 0 bridgehead atoms. The molecule has 0 aliphatic heterocycles. The van der Waals surface area contributed by atoms with Crippen LogP contribution in [-0.4, -0.2) is 24.9 Å². The second-order valence-electron chi connectivity index (χ2n) is 1.69. The van der Waals surface area contributed by atoms with Crippen molar-refractivity contribution in [2.75, 3.05) is 12.9 Å². The van der Waals surface area contributed by atoms with Crippen LogP contribution in [-0.2, 0) is 13.7 Å². The summed E-state index contributed by atoms with van der Waals surface area (Å²) in [5.74, 6) is 0.441. The fourth-order valence-corrected chi connectivity index (χ4v) is 0.650. The van der Waals surface area contributed by atoms with E-state index in [9.17, 15) is 4.79 Å². The molecule has 0 aliphatic rings. The van der Waals surface area contributed by atoms with Crippen LogP contribution in [0.2, 0.25) is 0 Å². The Morgan fingerprint density at radius 2 is 2.30 bits per heavy atom. The van der Waals surface area contributed by atoms with Crippen molar-refractivity contribution in [3.05, 3.63) is 0 Å². The predicted molar refractivity (Wildman–Crippen MR) is 40.7 cm³/mol. The SMILES string of the molecule is CCSOC(=O)C(C)OC. The highest BCUT2D eigenvalue weighted by Gasteiger charge is 2.12. The quantitative estimate of drug-likeness (QED) is 0.585. The highest BCUT2D eigenvalue weighted by Crippen LogP contribution is 2.04. The van der Waals surface area contributed by atoms with E-state index >= 15 is 0 Å². The Morgan fingerprint density at radius 1 is 1.70 bits per heavy atom. The van der Waals surface area contributed by atoms with E-state index in [1.807, 2.05) is 6.92 Å². The van der Waals surface area contributed by atoms with Gasteiger partial charge in [0.25, 0.3) is 0 Å². The first-order chi connectivity index (χ1) is 4.72. The van der Waals surface area contributed by atoms with Crippen LogP contribution in [0.25, 0.3) is 0 Å². The second-order valence-corrected chi connectivity index (χ2v) is 2.67. The van der Waals surface area contributed by atoms with E-state index in [4.69, 9.17) is 8.92 Å². The molecule has 0 rings (SSSR count). The summed E-state index contributed by atoms with van der Waals surface area (Å²) in [5.41, 5.74) is 0. The predicted octanol–water partition coefficient (Wildman–Crippen LogP) is 1.23. The van der Waals surface area contributed by atoms with Gasteiger partial charge in [-0.25, -0.2) is 4.79 Å². The van der Waals surface area contributed by atoms with Crippen LogP contribution in [0.1, 0.15) is 13.8 Å². The van der Waals surface area contributed by atoms with Crippen LogP contribution in [0.3, 0.4) is 0 Å². The zero-order valence-corrected chi connectivity index (χ0v) is 7.23. The van der Waals surface area contributed by atoms with Crippen LogP contribution in [0.4, 0.5) is 0 Å². The fourth-order valence-electron chi connectivity index (χ4n) is 0.281. The molecule has 3 nitrogen and oxygen atoms in total. The smallest absolute Gasteiger partial charge is 0.346 e. The molecule has 0 radical (unpaired) electrons. The number of hydrogen-bond donors (Lipinski definition) is 0. The van der Waals surface area contributed by atoms with Gasteiger partial charge in [0.2, 0.25) is 0 Å². The summed E-state index contributed by atoms with van der Waals surface area (Å²) in [7, 11) is 1.47. The van der Waals surface area contributed by atoms with E-state index in [0.717, 1.165) is 17.8 Å². The third kappa shape index (κ3) is 3.74. The van der Waals surface area contributed by atoms with Gasteiger partial charge < -0.3 is 8.92 Å². The lowest BCUT2D eigenvalue weighted by Gasteiger charge is -2.06. The molecule has 0 amide bonds. The van der Waals surface area contributed by atoms with Gasteiger partial charge in [0.1, 0.15) is 0 Å². The minimum absolute atomic E-state index is 0.325. The third-order valence-electron chi connectivity index (χ3n) is 0.944. The molecule has 0 heterocycles. The van der Waals surface area contributed by atoms with Crippen molar-refractivity contribution >= 4 is 18.0 Å². The highest BCUT2D eigenvalue weighted by atomic mass is 32.2. The minimum Gasteiger partial charge on any atom is -0.389 e. The second kappa shape index (κ2) is 5.56. The first-order valence-electron chi connectivity index (χ1n) is 3.08. The summed E-state index contributed by atoms with van der Waals surface area (Å²) in [6.45, 7) is 3.56. The number of ether oxygens (including phenoxy) is 1. The number of hydrogen-bond acceptors (Lipinski definition) is 4. The van der Waals surface area contributed by atoms with Crippen LogP contribution >= 0.6 is 12.0 Å². The maximum absolute atomic E-state index is 10.8. The van der Waals surface area contributed by atoms with E-state index in [-0.39, 0.29) is 5.97 Å². The lowest BCUT2D eigenvalue weighted by Crippen LogP contribution is -2.19. The maximum atomic E-state index is 10.8. The molecule has 0 spiro atoms. The van der Waals surface area contributed by atoms with E-state index in [1.165, 1.54) is 7.11 Å². The average molecular weight is 164 g/mol. The molecule has 1 unspecified atom stereocenters. The summed E-state index contributed by atoms with van der Waals surface area (Å²) in [6, 6.07) is 0. The van der Waals surface area contributed by atoms with Crippen molar-refractivity contribution < 1.29 is 13.7 Å². The Labute approximate surface area is 65.3 Å². The zero-order valence-electron chi connectivity index (χ0n) is 6.42. The van der Waals surface area contributed by atoms with E-state index in [0.29, 0.717) is 0 Å². The first-order valence-corrected chi connectivity index (χ1v) is 3.99. The Bertz CT molecular complexity index is 105. The van der Waals surface area contributed by atoms with Gasteiger partial charge >= 0.3 is 5.97 Å². The summed E-state index contributed by atoms with van der Waals surface area (Å²) in [6.07, 6.45) is -0.459. The number of carbonyl (C=O) groups is 1. The topological polar surface area (TPSA) is 35.5 Å². The highest BCUT2D eigenvalue weighted by molar-refractivity contribution is 7.95. The zero-order chi connectivity index (χ0) is 7.98. The molecule has 0 N–H and O–H groups in total. The molecule has 1 atom stereocenters. The first kappa shape index (κ1) is 9.78. The van der Waals surface area contributed by atoms with Gasteiger partial charge in [-0.3, -0.25) is 0 Å². The molecule has 0 saturated carbocycles. The lowest BCUT2D eigenvalue weighted by molar-refractivity contribution is -0.143. The standard InChI is InChI=1S/C6H12O3S/c1-4-10-9-6(7)5(2)8-3/h5H,4H2,1-3H3. The summed E-state index contributed by atoms with van der Waals surface area (Å²) in [5, 5.41) is 0. The van der Waals surface area contributed by atoms with Crippen LogP contribution in [0, 0.1) is 0 Å². The molecule has 0 saturated heterocycles. The van der Waals surface area contributed by atoms with Crippen LogP contribution < -0.4 is 0 Å². The van der Waals surface area contributed by atoms with Crippen molar-refractivity contribution in [3.8, 4) is 0 Å². The largest absolute Gasteiger partial charge is 0.389 e. The summed E-state index contributed by atoms with van der Waals surface area (Å²) in [4.78, 5) is 10.8. The Morgan fingerprint density at radius 3 is 2.70 bits per heavy atom. The molecule has 0 aliphatic carbocycles. The van der Waals surface area contributed by atoms with Crippen molar-refractivity contribution in [3.63, 3.8) is 0 Å². The molecular weight excluding hydrogens is 152 g/mol. The van der Waals surface area contributed by atoms with Crippen LogP contribution in [0.15, 0.2) is 0 Å². The van der Waals surface area contributed by atoms with Gasteiger partial charge in [-0.2, -0.15) is 0 Å². The normalized spacial score (nSPS) is 12.7. The molecule has 4 heteroatoms. The van der Waals surface area contributed by atoms with Gasteiger partial charge in [-0.05, 0) is 6.92 Å². The molecule has 10 heavy (non-hydrogen) atoms. The monoisotopic (exact) mass is 164 g/mol. The molecular formula is C6H12O3S. The van der Waals surface area contributed by atoms with Crippen molar-refractivity contribution in [1.82, 2.24) is 0 Å². The van der Waals surface area contributed by atoms with E-state index < -0.39 is 6.10 Å². The third-order valence-corrected chi connectivity index (χ3v) is 1.46. The molecule has 0 aromatic heterocycles.